The van der Waals surface area contributed by atoms with Crippen molar-refractivity contribution >= 4 is 11.7 Å². The lowest BCUT2D eigenvalue weighted by atomic mass is 9.75. The molecule has 0 bridgehead atoms. The van der Waals surface area contributed by atoms with Gasteiger partial charge < -0.3 is 10.6 Å². The van der Waals surface area contributed by atoms with Crippen molar-refractivity contribution in [2.45, 2.75) is 32.4 Å². The van der Waals surface area contributed by atoms with Gasteiger partial charge in [-0.3, -0.25) is 9.59 Å². The van der Waals surface area contributed by atoms with E-state index >= 15 is 0 Å². The summed E-state index contributed by atoms with van der Waals surface area (Å²) in [5, 5.41) is 14.6. The van der Waals surface area contributed by atoms with Gasteiger partial charge in [0.2, 0.25) is 5.91 Å². The zero-order valence-electron chi connectivity index (χ0n) is 14.6. The minimum Gasteiger partial charge on any atom is -0.362 e. The molecule has 3 rings (SSSR count). The van der Waals surface area contributed by atoms with E-state index in [9.17, 15) is 22.8 Å². The van der Waals surface area contributed by atoms with E-state index in [-0.39, 0.29) is 22.3 Å². The number of allylic oxidation sites excluding steroid dienone is 2. The van der Waals surface area contributed by atoms with Crippen molar-refractivity contribution in [1.29, 1.82) is 5.26 Å². The van der Waals surface area contributed by atoms with Crippen LogP contribution in [0.2, 0.25) is 0 Å². The molecule has 1 amide bonds. The second kappa shape index (κ2) is 6.58. The second-order valence-electron chi connectivity index (χ2n) is 6.46. The third-order valence-corrected chi connectivity index (χ3v) is 4.73. The molecule has 2 aliphatic heterocycles. The number of nitriles is 1. The average Bonchev–Trinajstić information content (AvgIpc) is 2.59. The van der Waals surface area contributed by atoms with Crippen LogP contribution in [-0.4, -0.2) is 18.2 Å². The van der Waals surface area contributed by atoms with E-state index in [0.29, 0.717) is 24.4 Å². The molecule has 1 aromatic rings. The fraction of sp³-hybridized carbons (Fsp3) is 0.316. The molecule has 8 heteroatoms. The Labute approximate surface area is 153 Å². The molecule has 0 aliphatic carbocycles. The van der Waals surface area contributed by atoms with Crippen LogP contribution in [0.3, 0.4) is 0 Å². The Morgan fingerprint density at radius 3 is 2.63 bits per heavy atom. The van der Waals surface area contributed by atoms with E-state index in [1.165, 1.54) is 19.1 Å². The first-order valence-electron chi connectivity index (χ1n) is 8.26. The standard InChI is InChI=1S/C19H16F3N3O2/c1-9-15(10(2)26)16(17-14(25-9)5-6-24-18(17)27)12-4-3-11(8-23)7-13(12)19(20,21)22/h3-4,7,16,25H,5-6H2,1-2H3,(H,24,27). The quantitative estimate of drug-likeness (QED) is 0.833. The number of halogens is 3. The zero-order valence-corrected chi connectivity index (χ0v) is 14.6. The van der Waals surface area contributed by atoms with Crippen molar-refractivity contribution in [1.82, 2.24) is 10.6 Å². The molecule has 2 heterocycles. The van der Waals surface area contributed by atoms with Crippen LogP contribution in [0.5, 0.6) is 0 Å². The Balaban J connectivity index is 2.33. The fourth-order valence-corrected chi connectivity index (χ4v) is 3.66. The molecule has 0 radical (unpaired) electrons. The molecule has 0 spiro atoms. The van der Waals surface area contributed by atoms with Gasteiger partial charge in [-0.15, -0.1) is 0 Å². The Morgan fingerprint density at radius 1 is 1.33 bits per heavy atom. The SMILES string of the molecule is CC(=O)C1=C(C)NC2=C(C(=O)NCC2)C1c1ccc(C#N)cc1C(F)(F)F. The Kier molecular flexibility index (Phi) is 4.56. The summed E-state index contributed by atoms with van der Waals surface area (Å²) in [6, 6.07) is 4.90. The van der Waals surface area contributed by atoms with Gasteiger partial charge in [0.15, 0.2) is 5.78 Å². The molecule has 0 fully saturated rings. The summed E-state index contributed by atoms with van der Waals surface area (Å²) in [4.78, 5) is 24.8. The molecule has 0 saturated carbocycles. The van der Waals surface area contributed by atoms with Crippen molar-refractivity contribution in [2.24, 2.45) is 0 Å². The predicted octanol–water partition coefficient (Wildman–Crippen LogP) is 2.90. The number of Topliss-reactive ketones (excluding diaryl/α,β-unsaturated/α-hetero) is 1. The van der Waals surface area contributed by atoms with Gasteiger partial charge in [-0.25, -0.2) is 0 Å². The highest BCUT2D eigenvalue weighted by Crippen LogP contribution is 2.45. The van der Waals surface area contributed by atoms with E-state index < -0.39 is 29.3 Å². The number of hydrogen-bond donors (Lipinski definition) is 2. The second-order valence-corrected chi connectivity index (χ2v) is 6.46. The van der Waals surface area contributed by atoms with Crippen molar-refractivity contribution in [3.63, 3.8) is 0 Å². The number of amides is 1. The van der Waals surface area contributed by atoms with Gasteiger partial charge in [-0.2, -0.15) is 18.4 Å². The Hall–Kier alpha value is -3.08. The van der Waals surface area contributed by atoms with Crippen LogP contribution in [0.25, 0.3) is 0 Å². The Morgan fingerprint density at radius 2 is 2.04 bits per heavy atom. The lowest BCUT2D eigenvalue weighted by Crippen LogP contribution is -2.41. The maximum Gasteiger partial charge on any atom is 0.416 e. The number of benzene rings is 1. The number of rotatable bonds is 2. The van der Waals surface area contributed by atoms with Gasteiger partial charge in [-0.1, -0.05) is 6.07 Å². The van der Waals surface area contributed by atoms with Gasteiger partial charge in [0.05, 0.1) is 17.2 Å². The molecule has 140 valence electrons. The van der Waals surface area contributed by atoms with Gasteiger partial charge in [0.1, 0.15) is 0 Å². The highest BCUT2D eigenvalue weighted by Gasteiger charge is 2.42. The minimum atomic E-state index is -4.74. The van der Waals surface area contributed by atoms with Crippen LogP contribution in [0.1, 0.15) is 42.9 Å². The number of ketones is 1. The third-order valence-electron chi connectivity index (χ3n) is 4.73. The van der Waals surface area contributed by atoms with Crippen LogP contribution in [0, 0.1) is 11.3 Å². The summed E-state index contributed by atoms with van der Waals surface area (Å²) in [7, 11) is 0. The maximum atomic E-state index is 13.7. The van der Waals surface area contributed by atoms with E-state index in [4.69, 9.17) is 5.26 Å². The molecule has 5 nitrogen and oxygen atoms in total. The average molecular weight is 375 g/mol. The van der Waals surface area contributed by atoms with Crippen molar-refractivity contribution in [3.05, 3.63) is 57.4 Å². The van der Waals surface area contributed by atoms with E-state index in [0.717, 1.165) is 6.07 Å². The lowest BCUT2D eigenvalue weighted by Gasteiger charge is -2.35. The zero-order chi connectivity index (χ0) is 19.9. The molecular formula is C19H16F3N3O2. The number of carbonyl (C=O) groups is 2. The molecule has 0 aromatic heterocycles. The highest BCUT2D eigenvalue weighted by molar-refractivity contribution is 6.04. The van der Waals surface area contributed by atoms with Gasteiger partial charge in [-0.05, 0) is 31.5 Å². The first kappa shape index (κ1) is 18.7. The first-order valence-corrected chi connectivity index (χ1v) is 8.26. The van der Waals surface area contributed by atoms with E-state index in [1.807, 2.05) is 0 Å². The molecule has 27 heavy (non-hydrogen) atoms. The normalized spacial score (nSPS) is 19.9. The summed E-state index contributed by atoms with van der Waals surface area (Å²) in [6.07, 6.45) is -4.31. The molecule has 1 unspecified atom stereocenters. The third kappa shape index (κ3) is 3.21. The number of nitrogens with one attached hydrogen (secondary N) is 2. The highest BCUT2D eigenvalue weighted by atomic mass is 19.4. The van der Waals surface area contributed by atoms with Crippen LogP contribution < -0.4 is 10.6 Å². The van der Waals surface area contributed by atoms with Crippen LogP contribution in [0.15, 0.2) is 40.7 Å². The number of dihydropyridines is 1. The van der Waals surface area contributed by atoms with Crippen molar-refractivity contribution < 1.29 is 22.8 Å². The Bertz CT molecular complexity index is 952. The molecule has 0 saturated heterocycles. The number of hydrogen-bond acceptors (Lipinski definition) is 4. The van der Waals surface area contributed by atoms with E-state index in [1.54, 1.807) is 13.0 Å². The van der Waals surface area contributed by atoms with E-state index in [2.05, 4.69) is 10.6 Å². The van der Waals surface area contributed by atoms with Crippen LogP contribution >= 0.6 is 0 Å². The fourth-order valence-electron chi connectivity index (χ4n) is 3.66. The summed E-state index contributed by atoms with van der Waals surface area (Å²) >= 11 is 0. The molecule has 1 atom stereocenters. The summed E-state index contributed by atoms with van der Waals surface area (Å²) in [5.74, 6) is -2.08. The van der Waals surface area contributed by atoms with Gasteiger partial charge >= 0.3 is 6.18 Å². The molecule has 2 N–H and O–H groups in total. The number of alkyl halides is 3. The summed E-state index contributed by atoms with van der Waals surface area (Å²) in [5.41, 5.74) is -0.204. The largest absolute Gasteiger partial charge is 0.416 e. The monoisotopic (exact) mass is 375 g/mol. The van der Waals surface area contributed by atoms with Crippen molar-refractivity contribution in [3.8, 4) is 6.07 Å². The molecule has 1 aromatic carbocycles. The first-order chi connectivity index (χ1) is 12.6. The predicted molar refractivity (Wildman–Crippen MR) is 90.1 cm³/mol. The van der Waals surface area contributed by atoms with Crippen LogP contribution in [-0.2, 0) is 15.8 Å². The summed E-state index contributed by atoms with van der Waals surface area (Å²) in [6.45, 7) is 3.23. The van der Waals surface area contributed by atoms with Crippen molar-refractivity contribution in [2.75, 3.05) is 6.54 Å². The number of nitrogens with zero attached hydrogens (tertiary/aromatic N) is 1. The van der Waals surface area contributed by atoms with Gasteiger partial charge in [0, 0.05) is 41.4 Å². The number of carbonyl (C=O) groups excluding carboxylic acids is 2. The molecule has 2 aliphatic rings. The molecular weight excluding hydrogens is 359 g/mol. The lowest BCUT2D eigenvalue weighted by molar-refractivity contribution is -0.138. The van der Waals surface area contributed by atoms with Gasteiger partial charge in [0.25, 0.3) is 0 Å². The smallest absolute Gasteiger partial charge is 0.362 e. The maximum absolute atomic E-state index is 13.7. The topological polar surface area (TPSA) is 82.0 Å². The van der Waals surface area contributed by atoms with Crippen LogP contribution in [0.4, 0.5) is 13.2 Å². The minimum absolute atomic E-state index is 0.112. The summed E-state index contributed by atoms with van der Waals surface area (Å²) < 4.78 is 41.2.